The van der Waals surface area contributed by atoms with Crippen LogP contribution < -0.4 is 10.5 Å². The topological polar surface area (TPSA) is 66.0 Å². The number of hydrogen-bond donors (Lipinski definition) is 1. The molecule has 1 aromatic carbocycles. The van der Waals surface area contributed by atoms with Gasteiger partial charge in [0.2, 0.25) is 5.95 Å². The van der Waals surface area contributed by atoms with Crippen molar-refractivity contribution in [3.05, 3.63) is 34.3 Å². The van der Waals surface area contributed by atoms with Gasteiger partial charge >= 0.3 is 0 Å². The molecule has 0 aliphatic rings. The lowest BCUT2D eigenvalue weighted by atomic mass is 10.3. The zero-order chi connectivity index (χ0) is 14.1. The third-order valence-electron chi connectivity index (χ3n) is 3.23. The molecular formula is C14H16N4OS. The number of para-hydroxylation sites is 1. The van der Waals surface area contributed by atoms with Gasteiger partial charge in [0.15, 0.2) is 0 Å². The average Bonchev–Trinajstić information content (AvgIpc) is 3.04. The Bertz CT molecular complexity index is 747. The molecule has 6 heteroatoms. The summed E-state index contributed by atoms with van der Waals surface area (Å²) in [5, 5.41) is 1.04. The van der Waals surface area contributed by atoms with E-state index in [0.29, 0.717) is 12.5 Å². The Labute approximate surface area is 121 Å². The molecular weight excluding hydrogens is 272 g/mol. The maximum Gasteiger partial charge on any atom is 0.201 e. The van der Waals surface area contributed by atoms with Gasteiger partial charge in [0.25, 0.3) is 0 Å². The van der Waals surface area contributed by atoms with Gasteiger partial charge in [-0.3, -0.25) is 0 Å². The van der Waals surface area contributed by atoms with Crippen LogP contribution >= 0.6 is 11.3 Å². The Hall–Kier alpha value is -2.08. The number of imidazole rings is 1. The molecule has 5 nitrogen and oxygen atoms in total. The lowest BCUT2D eigenvalue weighted by molar-refractivity contribution is 0.419. The molecule has 3 aromatic rings. The molecule has 2 N–H and O–H groups in total. The molecule has 2 heterocycles. The fourth-order valence-electron chi connectivity index (χ4n) is 2.19. The number of aromatic nitrogens is 3. The summed E-state index contributed by atoms with van der Waals surface area (Å²) >= 11 is 1.71. The highest BCUT2D eigenvalue weighted by Crippen LogP contribution is 2.28. The number of hydrogen-bond acceptors (Lipinski definition) is 5. The number of fused-ring (bicyclic) bond motifs is 1. The lowest BCUT2D eigenvalue weighted by Crippen LogP contribution is -2.04. The third-order valence-corrected chi connectivity index (χ3v) is 4.36. The van der Waals surface area contributed by atoms with Gasteiger partial charge in [-0.05, 0) is 18.6 Å². The largest absolute Gasteiger partial charge is 0.494 e. The molecule has 3 rings (SSSR count). The highest BCUT2D eigenvalue weighted by Gasteiger charge is 2.13. The molecule has 2 aromatic heterocycles. The van der Waals surface area contributed by atoms with E-state index >= 15 is 0 Å². The summed E-state index contributed by atoms with van der Waals surface area (Å²) in [6.45, 7) is 2.77. The molecule has 104 valence electrons. The molecule has 0 spiro atoms. The van der Waals surface area contributed by atoms with Crippen LogP contribution in [0.15, 0.2) is 24.4 Å². The van der Waals surface area contributed by atoms with Gasteiger partial charge in [0.1, 0.15) is 16.3 Å². The van der Waals surface area contributed by atoms with Crippen LogP contribution in [0.4, 0.5) is 5.95 Å². The van der Waals surface area contributed by atoms with Crippen LogP contribution in [-0.4, -0.2) is 21.6 Å². The number of nitrogen functional groups attached to an aromatic ring is 1. The van der Waals surface area contributed by atoms with Crippen LogP contribution in [0.3, 0.4) is 0 Å². The van der Waals surface area contributed by atoms with E-state index in [2.05, 4.69) is 16.9 Å². The second-order valence-corrected chi connectivity index (χ2v) is 5.66. The van der Waals surface area contributed by atoms with Crippen molar-refractivity contribution in [3.63, 3.8) is 0 Å². The first-order chi connectivity index (χ1) is 9.72. The first-order valence-corrected chi connectivity index (χ1v) is 7.27. The third kappa shape index (κ3) is 2.12. The minimum atomic E-state index is 0.484. The fourth-order valence-corrected chi connectivity index (χ4v) is 3.04. The smallest absolute Gasteiger partial charge is 0.201 e. The van der Waals surface area contributed by atoms with E-state index in [1.54, 1.807) is 18.4 Å². The molecule has 0 aliphatic heterocycles. The molecule has 0 saturated heterocycles. The molecule has 0 saturated carbocycles. The van der Waals surface area contributed by atoms with Crippen LogP contribution in [0.2, 0.25) is 0 Å². The maximum absolute atomic E-state index is 6.04. The van der Waals surface area contributed by atoms with Crippen LogP contribution in [0.5, 0.6) is 5.75 Å². The van der Waals surface area contributed by atoms with Crippen molar-refractivity contribution in [1.29, 1.82) is 0 Å². The minimum absolute atomic E-state index is 0.484. The van der Waals surface area contributed by atoms with Crippen molar-refractivity contribution < 1.29 is 4.74 Å². The number of rotatable bonds is 4. The van der Waals surface area contributed by atoms with Crippen LogP contribution in [0, 0.1) is 0 Å². The predicted octanol–water partition coefficient (Wildman–Crippen LogP) is 2.69. The predicted molar refractivity (Wildman–Crippen MR) is 81.3 cm³/mol. The van der Waals surface area contributed by atoms with Gasteiger partial charge in [-0.25, -0.2) is 9.97 Å². The quantitative estimate of drug-likeness (QED) is 0.801. The van der Waals surface area contributed by atoms with Crippen LogP contribution in [0.1, 0.15) is 16.8 Å². The highest BCUT2D eigenvalue weighted by atomic mass is 32.1. The van der Waals surface area contributed by atoms with E-state index in [1.165, 1.54) is 4.88 Å². The molecule has 0 bridgehead atoms. The Balaban J connectivity index is 2.04. The van der Waals surface area contributed by atoms with Crippen LogP contribution in [0.25, 0.3) is 11.0 Å². The first kappa shape index (κ1) is 12.9. The summed E-state index contributed by atoms with van der Waals surface area (Å²) in [6.07, 6.45) is 2.93. The number of aryl methyl sites for hydroxylation is 1. The summed E-state index contributed by atoms with van der Waals surface area (Å²) < 4.78 is 7.29. The Morgan fingerprint density at radius 1 is 1.40 bits per heavy atom. The van der Waals surface area contributed by atoms with Crippen molar-refractivity contribution in [3.8, 4) is 5.75 Å². The number of nitrogens with two attached hydrogens (primary N) is 1. The number of nitrogens with zero attached hydrogens (tertiary/aromatic N) is 3. The van der Waals surface area contributed by atoms with Crippen molar-refractivity contribution in [1.82, 2.24) is 14.5 Å². The molecule has 0 fully saturated rings. The average molecular weight is 288 g/mol. The van der Waals surface area contributed by atoms with E-state index in [1.807, 2.05) is 29.0 Å². The number of benzene rings is 1. The molecule has 0 amide bonds. The van der Waals surface area contributed by atoms with Gasteiger partial charge in [-0.2, -0.15) is 0 Å². The summed E-state index contributed by atoms with van der Waals surface area (Å²) in [5.74, 6) is 1.22. The van der Waals surface area contributed by atoms with E-state index < -0.39 is 0 Å². The molecule has 0 aliphatic carbocycles. The van der Waals surface area contributed by atoms with Gasteiger partial charge < -0.3 is 15.0 Å². The number of ether oxygens (including phenoxy) is 1. The van der Waals surface area contributed by atoms with E-state index in [0.717, 1.165) is 28.2 Å². The Morgan fingerprint density at radius 2 is 2.25 bits per heavy atom. The summed E-state index contributed by atoms with van der Waals surface area (Å²) in [6, 6.07) is 5.82. The number of anilines is 1. The second kappa shape index (κ2) is 5.13. The summed E-state index contributed by atoms with van der Waals surface area (Å²) in [4.78, 5) is 10.1. The number of thiazole rings is 1. The first-order valence-electron chi connectivity index (χ1n) is 6.45. The van der Waals surface area contributed by atoms with Crippen LogP contribution in [-0.2, 0) is 13.0 Å². The van der Waals surface area contributed by atoms with Crippen molar-refractivity contribution >= 4 is 28.3 Å². The SMILES string of the molecule is CCc1cnc(Cn2c(N)nc3c(OC)cccc32)s1. The van der Waals surface area contributed by atoms with Gasteiger partial charge in [0, 0.05) is 11.1 Å². The standard InChI is InChI=1S/C14H16N4OS/c1-3-9-7-16-12(20-9)8-18-10-5-4-6-11(19-2)13(10)17-14(18)15/h4-7H,3,8H2,1-2H3,(H2,15,17). The highest BCUT2D eigenvalue weighted by molar-refractivity contribution is 7.11. The van der Waals surface area contributed by atoms with Crippen molar-refractivity contribution in [2.75, 3.05) is 12.8 Å². The van der Waals surface area contributed by atoms with E-state index in [-0.39, 0.29) is 0 Å². The van der Waals surface area contributed by atoms with Crippen molar-refractivity contribution in [2.24, 2.45) is 0 Å². The van der Waals surface area contributed by atoms with Gasteiger partial charge in [-0.1, -0.05) is 13.0 Å². The summed E-state index contributed by atoms with van der Waals surface area (Å²) in [5.41, 5.74) is 7.80. The monoisotopic (exact) mass is 288 g/mol. The summed E-state index contributed by atoms with van der Waals surface area (Å²) in [7, 11) is 1.64. The normalized spacial score (nSPS) is 11.1. The maximum atomic E-state index is 6.04. The lowest BCUT2D eigenvalue weighted by Gasteiger charge is -2.04. The van der Waals surface area contributed by atoms with Gasteiger partial charge in [0.05, 0.1) is 19.2 Å². The molecule has 0 radical (unpaired) electrons. The van der Waals surface area contributed by atoms with E-state index in [4.69, 9.17) is 10.5 Å². The molecule has 0 unspecified atom stereocenters. The molecule has 20 heavy (non-hydrogen) atoms. The number of methoxy groups -OCH3 is 1. The van der Waals surface area contributed by atoms with E-state index in [9.17, 15) is 0 Å². The second-order valence-electron chi connectivity index (χ2n) is 4.46. The minimum Gasteiger partial charge on any atom is -0.494 e. The zero-order valence-electron chi connectivity index (χ0n) is 11.5. The Kier molecular flexibility index (Phi) is 3.31. The van der Waals surface area contributed by atoms with Gasteiger partial charge in [-0.15, -0.1) is 11.3 Å². The zero-order valence-corrected chi connectivity index (χ0v) is 12.3. The van der Waals surface area contributed by atoms with Crippen molar-refractivity contribution in [2.45, 2.75) is 19.9 Å². The Morgan fingerprint density at radius 3 is 2.95 bits per heavy atom. The fraction of sp³-hybridized carbons (Fsp3) is 0.286. The molecule has 0 atom stereocenters.